The predicted molar refractivity (Wildman–Crippen MR) is 108 cm³/mol. The molecule has 7 nitrogen and oxygen atoms in total. The van der Waals surface area contributed by atoms with E-state index in [1.807, 2.05) is 17.5 Å². The number of anilines is 1. The van der Waals surface area contributed by atoms with Gasteiger partial charge in [0.2, 0.25) is 0 Å². The summed E-state index contributed by atoms with van der Waals surface area (Å²) in [6, 6.07) is 8.85. The van der Waals surface area contributed by atoms with Crippen LogP contribution < -0.4 is 14.8 Å². The van der Waals surface area contributed by atoms with Crippen molar-refractivity contribution in [2.75, 3.05) is 19.5 Å². The first-order valence-corrected chi connectivity index (χ1v) is 10.0. The maximum Gasteiger partial charge on any atom is 0.358 e. The molecule has 0 bridgehead atoms. The average molecular weight is 418 g/mol. The monoisotopic (exact) mass is 418 g/mol. The predicted octanol–water partition coefficient (Wildman–Crippen LogP) is 4.07. The summed E-state index contributed by atoms with van der Waals surface area (Å²) in [6.07, 6.45) is -1.02. The topological polar surface area (TPSA) is 86.8 Å². The van der Waals surface area contributed by atoms with E-state index in [9.17, 15) is 9.59 Å². The van der Waals surface area contributed by atoms with Gasteiger partial charge in [-0.05, 0) is 30.5 Å². The highest BCUT2D eigenvalue weighted by molar-refractivity contribution is 7.20. The number of carbonyl (C=O) groups excluding carboxylic acids is 2. The van der Waals surface area contributed by atoms with E-state index in [1.165, 1.54) is 43.8 Å². The van der Waals surface area contributed by atoms with Gasteiger partial charge in [0.25, 0.3) is 5.91 Å². The van der Waals surface area contributed by atoms with Crippen molar-refractivity contribution in [3.63, 3.8) is 0 Å². The molecular formula is C19H18N2O5S2. The average Bonchev–Trinajstić information content (AvgIpc) is 3.39. The summed E-state index contributed by atoms with van der Waals surface area (Å²) >= 11 is 2.89. The van der Waals surface area contributed by atoms with Gasteiger partial charge in [-0.1, -0.05) is 6.07 Å². The summed E-state index contributed by atoms with van der Waals surface area (Å²) in [5.41, 5.74) is 0.593. The smallest absolute Gasteiger partial charge is 0.358 e. The molecule has 146 valence electrons. The van der Waals surface area contributed by atoms with Crippen molar-refractivity contribution in [1.82, 2.24) is 4.98 Å². The lowest BCUT2D eigenvalue weighted by Gasteiger charge is -2.15. The highest BCUT2D eigenvalue weighted by atomic mass is 32.1. The maximum absolute atomic E-state index is 12.4. The molecule has 2 aromatic heterocycles. The minimum absolute atomic E-state index is 0.173. The molecule has 0 saturated heterocycles. The third-order valence-corrected chi connectivity index (χ3v) is 5.64. The molecule has 1 unspecified atom stereocenters. The van der Waals surface area contributed by atoms with Crippen molar-refractivity contribution in [3.8, 4) is 21.4 Å². The lowest BCUT2D eigenvalue weighted by Crippen LogP contribution is -2.30. The molecule has 0 spiro atoms. The lowest BCUT2D eigenvalue weighted by molar-refractivity contribution is -0.123. The van der Waals surface area contributed by atoms with Crippen LogP contribution in [0.15, 0.2) is 41.1 Å². The number of benzene rings is 1. The fourth-order valence-electron chi connectivity index (χ4n) is 2.30. The molecule has 1 atom stereocenters. The SMILES string of the molecule is COc1ccc(OC)c(NC(=O)C(C)OC(=O)c2csc(-c3cccs3)n2)c1. The quantitative estimate of drug-likeness (QED) is 0.582. The number of esters is 1. The van der Waals surface area contributed by atoms with Gasteiger partial charge in [0.15, 0.2) is 11.8 Å². The molecule has 0 saturated carbocycles. The second-order valence-electron chi connectivity index (χ2n) is 5.62. The summed E-state index contributed by atoms with van der Waals surface area (Å²) in [5, 5.41) is 6.98. The second kappa shape index (κ2) is 8.85. The van der Waals surface area contributed by atoms with Crippen molar-refractivity contribution < 1.29 is 23.8 Å². The van der Waals surface area contributed by atoms with Crippen LogP contribution in [0.3, 0.4) is 0 Å². The van der Waals surface area contributed by atoms with Crippen LogP contribution in [0.4, 0.5) is 5.69 Å². The zero-order chi connectivity index (χ0) is 20.1. The molecule has 3 aromatic rings. The number of carbonyl (C=O) groups is 2. The van der Waals surface area contributed by atoms with Crippen molar-refractivity contribution in [1.29, 1.82) is 0 Å². The number of ether oxygens (including phenoxy) is 3. The van der Waals surface area contributed by atoms with Gasteiger partial charge in [0, 0.05) is 11.4 Å². The van der Waals surface area contributed by atoms with E-state index >= 15 is 0 Å². The van der Waals surface area contributed by atoms with E-state index in [0.29, 0.717) is 17.2 Å². The molecule has 1 amide bonds. The molecule has 0 radical (unpaired) electrons. The standard InChI is InChI=1S/C19H18N2O5S2/c1-11(17(22)20-13-9-12(24-2)6-7-15(13)25-3)26-19(23)14-10-28-18(21-14)16-5-4-8-27-16/h4-11H,1-3H3,(H,20,22). The van der Waals surface area contributed by atoms with Crippen LogP contribution in [0.5, 0.6) is 11.5 Å². The Labute approximate surface area is 169 Å². The Morgan fingerprint density at radius 1 is 1.14 bits per heavy atom. The molecule has 0 fully saturated rings. The molecule has 2 heterocycles. The highest BCUT2D eigenvalue weighted by Crippen LogP contribution is 2.30. The Morgan fingerprint density at radius 3 is 2.64 bits per heavy atom. The minimum Gasteiger partial charge on any atom is -0.497 e. The first-order valence-electron chi connectivity index (χ1n) is 8.25. The van der Waals surface area contributed by atoms with E-state index < -0.39 is 18.0 Å². The lowest BCUT2D eigenvalue weighted by atomic mass is 10.2. The number of aromatic nitrogens is 1. The number of rotatable bonds is 7. The normalized spacial score (nSPS) is 11.5. The van der Waals surface area contributed by atoms with Crippen molar-refractivity contribution in [3.05, 3.63) is 46.8 Å². The molecule has 0 aliphatic rings. The summed E-state index contributed by atoms with van der Waals surface area (Å²) in [4.78, 5) is 30.0. The first-order chi connectivity index (χ1) is 13.5. The van der Waals surface area contributed by atoms with Gasteiger partial charge >= 0.3 is 5.97 Å². The summed E-state index contributed by atoms with van der Waals surface area (Å²) < 4.78 is 15.6. The molecule has 0 aliphatic carbocycles. The Bertz CT molecular complexity index is 969. The third kappa shape index (κ3) is 4.49. The van der Waals surface area contributed by atoms with Crippen LogP contribution >= 0.6 is 22.7 Å². The third-order valence-electron chi connectivity index (χ3n) is 3.76. The van der Waals surface area contributed by atoms with E-state index in [0.717, 1.165) is 9.88 Å². The zero-order valence-electron chi connectivity index (χ0n) is 15.4. The van der Waals surface area contributed by atoms with E-state index in [1.54, 1.807) is 23.6 Å². The summed E-state index contributed by atoms with van der Waals surface area (Å²) in [5.74, 6) is -0.120. The van der Waals surface area contributed by atoms with E-state index in [-0.39, 0.29) is 5.69 Å². The summed E-state index contributed by atoms with van der Waals surface area (Å²) in [7, 11) is 3.02. The molecule has 3 rings (SSSR count). The molecule has 9 heteroatoms. The van der Waals surface area contributed by atoms with E-state index in [4.69, 9.17) is 14.2 Å². The number of hydrogen-bond acceptors (Lipinski definition) is 8. The van der Waals surface area contributed by atoms with Gasteiger partial charge in [0.05, 0.1) is 24.8 Å². The van der Waals surface area contributed by atoms with Gasteiger partial charge in [-0.15, -0.1) is 22.7 Å². The van der Waals surface area contributed by atoms with Gasteiger partial charge in [-0.25, -0.2) is 9.78 Å². The van der Waals surface area contributed by atoms with Gasteiger partial charge in [-0.2, -0.15) is 0 Å². The maximum atomic E-state index is 12.4. The Hall–Kier alpha value is -2.91. The number of hydrogen-bond donors (Lipinski definition) is 1. The number of nitrogens with one attached hydrogen (secondary N) is 1. The van der Waals surface area contributed by atoms with Gasteiger partial charge < -0.3 is 19.5 Å². The van der Waals surface area contributed by atoms with Crippen LogP contribution in [0, 0.1) is 0 Å². The Morgan fingerprint density at radius 2 is 1.96 bits per heavy atom. The molecule has 0 aliphatic heterocycles. The number of thiazole rings is 1. The van der Waals surface area contributed by atoms with Crippen LogP contribution in [0.25, 0.3) is 9.88 Å². The summed E-state index contributed by atoms with van der Waals surface area (Å²) in [6.45, 7) is 1.49. The highest BCUT2D eigenvalue weighted by Gasteiger charge is 2.22. The van der Waals surface area contributed by atoms with Crippen molar-refractivity contribution in [2.24, 2.45) is 0 Å². The molecule has 1 aromatic carbocycles. The van der Waals surface area contributed by atoms with Crippen molar-refractivity contribution >= 4 is 40.2 Å². The fraction of sp³-hybridized carbons (Fsp3) is 0.211. The van der Waals surface area contributed by atoms with E-state index in [2.05, 4.69) is 10.3 Å². The van der Waals surface area contributed by atoms with Crippen LogP contribution in [-0.4, -0.2) is 37.2 Å². The van der Waals surface area contributed by atoms with Crippen LogP contribution in [-0.2, 0) is 9.53 Å². The number of amides is 1. The second-order valence-corrected chi connectivity index (χ2v) is 7.42. The van der Waals surface area contributed by atoms with Crippen LogP contribution in [0.2, 0.25) is 0 Å². The van der Waals surface area contributed by atoms with Crippen molar-refractivity contribution in [2.45, 2.75) is 13.0 Å². The first kappa shape index (κ1) is 19.8. The number of nitrogens with zero attached hydrogens (tertiary/aromatic N) is 1. The molecule has 28 heavy (non-hydrogen) atoms. The van der Waals surface area contributed by atoms with Gasteiger partial charge in [0.1, 0.15) is 16.5 Å². The zero-order valence-corrected chi connectivity index (χ0v) is 17.1. The largest absolute Gasteiger partial charge is 0.497 e. The Balaban J connectivity index is 1.65. The molecular weight excluding hydrogens is 400 g/mol. The number of thiophene rings is 1. The fourth-order valence-corrected chi connectivity index (χ4v) is 3.90. The minimum atomic E-state index is -1.02. The molecule has 1 N–H and O–H groups in total. The Kier molecular flexibility index (Phi) is 6.27. The van der Waals surface area contributed by atoms with Gasteiger partial charge in [-0.3, -0.25) is 4.79 Å². The number of methoxy groups -OCH3 is 2. The van der Waals surface area contributed by atoms with Crippen LogP contribution in [0.1, 0.15) is 17.4 Å².